The Kier molecular flexibility index (Phi) is 15.8. The summed E-state index contributed by atoms with van der Waals surface area (Å²) in [6.07, 6.45) is 11.1. The molecule has 23 heavy (non-hydrogen) atoms. The molecule has 4 heteroatoms. The number of nitrogens with zero attached hydrogens (tertiary/aromatic N) is 1. The lowest BCUT2D eigenvalue weighted by atomic mass is 10.1. The number of rotatable bonds is 16. The highest BCUT2D eigenvalue weighted by molar-refractivity contribution is 5.75. The van der Waals surface area contributed by atoms with Gasteiger partial charge in [0.15, 0.2) is 0 Å². The molecule has 0 saturated heterocycles. The average Bonchev–Trinajstić information content (AvgIpc) is 2.56. The van der Waals surface area contributed by atoms with E-state index in [4.69, 9.17) is 10.5 Å². The van der Waals surface area contributed by atoms with Crippen LogP contribution in [0.5, 0.6) is 0 Å². The number of carbonyl (C=O) groups is 1. The Morgan fingerprint density at radius 2 is 1.52 bits per heavy atom. The second-order valence-corrected chi connectivity index (χ2v) is 6.42. The number of unbranched alkanes of at least 4 members (excludes halogenated alkanes) is 5. The quantitative estimate of drug-likeness (QED) is 0.342. The fraction of sp³-hybridized carbons (Fsp3) is 0.947. The summed E-state index contributed by atoms with van der Waals surface area (Å²) in [5.41, 5.74) is 5.67. The van der Waals surface area contributed by atoms with Crippen molar-refractivity contribution in [3.63, 3.8) is 0 Å². The average molecular weight is 329 g/mol. The number of carbonyl (C=O) groups excluding carboxylic acids is 1. The number of hydrogen-bond donors (Lipinski definition) is 1. The maximum absolute atomic E-state index is 12.5. The SMILES string of the molecule is CCCCCCN(CCCCC)C(CCCN)C(=O)OCCC. The molecule has 4 nitrogen and oxygen atoms in total. The summed E-state index contributed by atoms with van der Waals surface area (Å²) in [6.45, 7) is 9.63. The third-order valence-electron chi connectivity index (χ3n) is 4.19. The Morgan fingerprint density at radius 1 is 0.913 bits per heavy atom. The van der Waals surface area contributed by atoms with Gasteiger partial charge in [0.2, 0.25) is 0 Å². The number of hydrogen-bond acceptors (Lipinski definition) is 4. The molecule has 0 aliphatic rings. The van der Waals surface area contributed by atoms with E-state index in [2.05, 4.69) is 18.7 Å². The van der Waals surface area contributed by atoms with Gasteiger partial charge in [-0.25, -0.2) is 0 Å². The molecule has 0 fully saturated rings. The van der Waals surface area contributed by atoms with Gasteiger partial charge in [0.25, 0.3) is 0 Å². The van der Waals surface area contributed by atoms with E-state index in [-0.39, 0.29) is 12.0 Å². The minimum Gasteiger partial charge on any atom is -0.465 e. The zero-order valence-corrected chi connectivity index (χ0v) is 15.8. The van der Waals surface area contributed by atoms with Gasteiger partial charge in [0.1, 0.15) is 6.04 Å². The summed E-state index contributed by atoms with van der Waals surface area (Å²) in [4.78, 5) is 14.8. The van der Waals surface area contributed by atoms with Crippen LogP contribution in [0, 0.1) is 0 Å². The zero-order chi connectivity index (χ0) is 17.3. The smallest absolute Gasteiger partial charge is 0.323 e. The van der Waals surface area contributed by atoms with Crippen LogP contribution in [-0.4, -0.2) is 43.2 Å². The molecule has 0 amide bonds. The van der Waals surface area contributed by atoms with Crippen molar-refractivity contribution in [3.8, 4) is 0 Å². The van der Waals surface area contributed by atoms with Gasteiger partial charge in [-0.1, -0.05) is 52.9 Å². The maximum Gasteiger partial charge on any atom is 0.323 e. The van der Waals surface area contributed by atoms with Crippen molar-refractivity contribution < 1.29 is 9.53 Å². The van der Waals surface area contributed by atoms with E-state index in [9.17, 15) is 4.79 Å². The fourth-order valence-corrected chi connectivity index (χ4v) is 2.79. The normalized spacial score (nSPS) is 12.6. The molecule has 2 N–H and O–H groups in total. The van der Waals surface area contributed by atoms with Gasteiger partial charge in [-0.3, -0.25) is 9.69 Å². The Bertz CT molecular complexity index is 272. The highest BCUT2D eigenvalue weighted by atomic mass is 16.5. The monoisotopic (exact) mass is 328 g/mol. The van der Waals surface area contributed by atoms with Crippen LogP contribution in [0.1, 0.15) is 85.0 Å². The first-order chi connectivity index (χ1) is 11.2. The van der Waals surface area contributed by atoms with Crippen molar-refractivity contribution >= 4 is 5.97 Å². The van der Waals surface area contributed by atoms with Crippen LogP contribution in [0.2, 0.25) is 0 Å². The van der Waals surface area contributed by atoms with E-state index in [1.165, 1.54) is 38.5 Å². The van der Waals surface area contributed by atoms with E-state index < -0.39 is 0 Å². The molecular weight excluding hydrogens is 288 g/mol. The first-order valence-electron chi connectivity index (χ1n) is 9.81. The van der Waals surface area contributed by atoms with Gasteiger partial charge in [0, 0.05) is 0 Å². The van der Waals surface area contributed by atoms with Crippen LogP contribution in [0.25, 0.3) is 0 Å². The second kappa shape index (κ2) is 16.3. The van der Waals surface area contributed by atoms with Crippen LogP contribution < -0.4 is 5.73 Å². The van der Waals surface area contributed by atoms with Crippen LogP contribution in [0.3, 0.4) is 0 Å². The lowest BCUT2D eigenvalue weighted by Gasteiger charge is -2.30. The highest BCUT2D eigenvalue weighted by Gasteiger charge is 2.26. The lowest BCUT2D eigenvalue weighted by Crippen LogP contribution is -2.43. The Hall–Kier alpha value is -0.610. The van der Waals surface area contributed by atoms with Crippen molar-refractivity contribution in [2.75, 3.05) is 26.2 Å². The molecule has 0 aromatic rings. The minimum absolute atomic E-state index is 0.0488. The van der Waals surface area contributed by atoms with Crippen molar-refractivity contribution in [3.05, 3.63) is 0 Å². The molecule has 1 unspecified atom stereocenters. The second-order valence-electron chi connectivity index (χ2n) is 6.42. The van der Waals surface area contributed by atoms with E-state index in [1.54, 1.807) is 0 Å². The molecule has 1 atom stereocenters. The van der Waals surface area contributed by atoms with Crippen LogP contribution >= 0.6 is 0 Å². The van der Waals surface area contributed by atoms with Crippen LogP contribution in [0.4, 0.5) is 0 Å². The molecule has 0 bridgehead atoms. The van der Waals surface area contributed by atoms with Crippen LogP contribution in [0.15, 0.2) is 0 Å². The summed E-state index contributed by atoms with van der Waals surface area (Å²) in [6, 6.07) is -0.108. The van der Waals surface area contributed by atoms with Gasteiger partial charge in [-0.05, 0) is 51.7 Å². The predicted octanol–water partition coefficient (Wildman–Crippen LogP) is 4.12. The molecule has 0 aliphatic heterocycles. The summed E-state index contributed by atoms with van der Waals surface area (Å²) < 4.78 is 5.44. The van der Waals surface area contributed by atoms with Gasteiger partial charge in [0.05, 0.1) is 6.61 Å². The molecule has 0 radical (unpaired) electrons. The van der Waals surface area contributed by atoms with Gasteiger partial charge >= 0.3 is 5.97 Å². The topological polar surface area (TPSA) is 55.6 Å². The Labute approximate surface area is 144 Å². The zero-order valence-electron chi connectivity index (χ0n) is 15.8. The Balaban J connectivity index is 4.67. The van der Waals surface area contributed by atoms with Gasteiger partial charge in [-0.15, -0.1) is 0 Å². The third-order valence-corrected chi connectivity index (χ3v) is 4.19. The molecule has 0 aromatic carbocycles. The predicted molar refractivity (Wildman–Crippen MR) is 98.6 cm³/mol. The van der Waals surface area contributed by atoms with E-state index in [0.717, 1.165) is 38.8 Å². The molecule has 138 valence electrons. The van der Waals surface area contributed by atoms with Gasteiger partial charge < -0.3 is 10.5 Å². The van der Waals surface area contributed by atoms with Gasteiger partial charge in [-0.2, -0.15) is 0 Å². The van der Waals surface area contributed by atoms with E-state index in [1.807, 2.05) is 6.92 Å². The first kappa shape index (κ1) is 22.4. The Morgan fingerprint density at radius 3 is 2.09 bits per heavy atom. The van der Waals surface area contributed by atoms with E-state index >= 15 is 0 Å². The summed E-state index contributed by atoms with van der Waals surface area (Å²) in [7, 11) is 0. The standard InChI is InChI=1S/C19H40N2O2/c1-4-7-9-11-16-21(15-10-8-5-2)18(13-12-14-20)19(22)23-17-6-3/h18H,4-17,20H2,1-3H3. The van der Waals surface area contributed by atoms with Crippen molar-refractivity contribution in [2.45, 2.75) is 91.0 Å². The highest BCUT2D eigenvalue weighted by Crippen LogP contribution is 2.14. The molecule has 0 heterocycles. The summed E-state index contributed by atoms with van der Waals surface area (Å²) in [5, 5.41) is 0. The first-order valence-corrected chi connectivity index (χ1v) is 9.81. The largest absolute Gasteiger partial charge is 0.465 e. The molecule has 0 aliphatic carbocycles. The minimum atomic E-state index is -0.108. The van der Waals surface area contributed by atoms with Crippen molar-refractivity contribution in [2.24, 2.45) is 5.73 Å². The summed E-state index contributed by atoms with van der Waals surface area (Å²) >= 11 is 0. The van der Waals surface area contributed by atoms with Crippen molar-refractivity contribution in [1.29, 1.82) is 0 Å². The number of ether oxygens (including phenoxy) is 1. The summed E-state index contributed by atoms with van der Waals surface area (Å²) in [5.74, 6) is -0.0488. The number of esters is 1. The molecule has 0 saturated carbocycles. The van der Waals surface area contributed by atoms with Crippen molar-refractivity contribution in [1.82, 2.24) is 4.90 Å². The molecule has 0 rings (SSSR count). The number of nitrogens with two attached hydrogens (primary N) is 1. The van der Waals surface area contributed by atoms with E-state index in [0.29, 0.717) is 13.2 Å². The fourth-order valence-electron chi connectivity index (χ4n) is 2.79. The third kappa shape index (κ3) is 11.5. The molecule has 0 aromatic heterocycles. The molecular formula is C19H40N2O2. The lowest BCUT2D eigenvalue weighted by molar-refractivity contribution is -0.150. The van der Waals surface area contributed by atoms with Crippen LogP contribution in [-0.2, 0) is 9.53 Å². The molecule has 0 spiro atoms. The maximum atomic E-state index is 12.5.